The van der Waals surface area contributed by atoms with E-state index >= 15 is 0 Å². The van der Waals surface area contributed by atoms with Gasteiger partial charge < -0.3 is 9.15 Å². The van der Waals surface area contributed by atoms with Crippen molar-refractivity contribution in [2.24, 2.45) is 5.84 Å². The van der Waals surface area contributed by atoms with E-state index in [0.29, 0.717) is 0 Å². The molecule has 0 bridgehead atoms. The van der Waals surface area contributed by atoms with Gasteiger partial charge in [0.05, 0.1) is 23.9 Å². The number of benzene rings is 1. The predicted molar refractivity (Wildman–Crippen MR) is 73.2 cm³/mol. The molecule has 96 valence electrons. The summed E-state index contributed by atoms with van der Waals surface area (Å²) in [5.41, 5.74) is 3.89. The minimum Gasteiger partial charge on any atom is -0.497 e. The Morgan fingerprint density at radius 2 is 2.28 bits per heavy atom. The normalized spacial score (nSPS) is 12.4. The highest BCUT2D eigenvalue weighted by atomic mass is 79.9. The van der Waals surface area contributed by atoms with Crippen LogP contribution in [0.4, 0.5) is 0 Å². The van der Waals surface area contributed by atoms with E-state index in [4.69, 9.17) is 15.0 Å². The number of nitrogens with one attached hydrogen (secondary N) is 1. The highest BCUT2D eigenvalue weighted by Gasteiger charge is 2.17. The first-order chi connectivity index (χ1) is 8.74. The molecule has 3 N–H and O–H groups in total. The summed E-state index contributed by atoms with van der Waals surface area (Å²) >= 11 is 3.44. The monoisotopic (exact) mass is 310 g/mol. The molecular weight excluding hydrogens is 296 g/mol. The maximum Gasteiger partial charge on any atom is 0.136 e. The molecule has 5 heteroatoms. The van der Waals surface area contributed by atoms with E-state index in [1.165, 1.54) is 0 Å². The number of halogens is 1. The van der Waals surface area contributed by atoms with Crippen LogP contribution in [0.1, 0.15) is 17.4 Å². The molecule has 0 spiro atoms. The number of hydrazine groups is 1. The van der Waals surface area contributed by atoms with E-state index in [1.54, 1.807) is 13.4 Å². The van der Waals surface area contributed by atoms with E-state index in [1.807, 2.05) is 30.3 Å². The zero-order valence-corrected chi connectivity index (χ0v) is 11.6. The smallest absolute Gasteiger partial charge is 0.136 e. The fourth-order valence-corrected chi connectivity index (χ4v) is 2.29. The molecule has 1 unspecified atom stereocenters. The maximum atomic E-state index is 5.59. The van der Waals surface area contributed by atoms with Crippen molar-refractivity contribution >= 4 is 15.9 Å². The Labute approximate surface area is 114 Å². The van der Waals surface area contributed by atoms with Crippen LogP contribution in [0.2, 0.25) is 0 Å². The van der Waals surface area contributed by atoms with Gasteiger partial charge in [-0.3, -0.25) is 5.84 Å². The fraction of sp³-hybridized carbons (Fsp3) is 0.231. The topological polar surface area (TPSA) is 60.4 Å². The first-order valence-electron chi connectivity index (χ1n) is 5.56. The van der Waals surface area contributed by atoms with E-state index in [9.17, 15) is 0 Å². The van der Waals surface area contributed by atoms with Crippen LogP contribution < -0.4 is 16.0 Å². The predicted octanol–water partition coefficient (Wildman–Crippen LogP) is 2.80. The van der Waals surface area contributed by atoms with E-state index in [-0.39, 0.29) is 6.04 Å². The third kappa shape index (κ3) is 2.93. The first-order valence-corrected chi connectivity index (χ1v) is 6.36. The van der Waals surface area contributed by atoms with Gasteiger partial charge in [-0.25, -0.2) is 5.43 Å². The van der Waals surface area contributed by atoms with Gasteiger partial charge in [0, 0.05) is 0 Å². The highest BCUT2D eigenvalue weighted by Crippen LogP contribution is 2.27. The molecule has 1 atom stereocenters. The Morgan fingerprint density at radius 1 is 1.44 bits per heavy atom. The number of hydrogen-bond acceptors (Lipinski definition) is 4. The van der Waals surface area contributed by atoms with Crippen LogP contribution in [0.5, 0.6) is 5.75 Å². The molecule has 0 fully saturated rings. The highest BCUT2D eigenvalue weighted by molar-refractivity contribution is 9.10. The molecule has 4 nitrogen and oxygen atoms in total. The van der Waals surface area contributed by atoms with Crippen molar-refractivity contribution in [3.8, 4) is 5.75 Å². The van der Waals surface area contributed by atoms with Gasteiger partial charge in [0.1, 0.15) is 11.5 Å². The number of nitrogens with two attached hydrogens (primary N) is 1. The van der Waals surface area contributed by atoms with Crippen molar-refractivity contribution in [2.45, 2.75) is 12.5 Å². The number of furan rings is 1. The molecule has 0 radical (unpaired) electrons. The van der Waals surface area contributed by atoms with Crippen LogP contribution in [-0.2, 0) is 6.42 Å². The molecular formula is C13H15BrN2O2. The Kier molecular flexibility index (Phi) is 4.41. The Morgan fingerprint density at radius 3 is 2.89 bits per heavy atom. The lowest BCUT2D eigenvalue weighted by Crippen LogP contribution is -2.29. The molecule has 2 aromatic rings. The Hall–Kier alpha value is -1.30. The van der Waals surface area contributed by atoms with Crippen molar-refractivity contribution in [3.05, 3.63) is 52.4 Å². The average molecular weight is 311 g/mol. The molecule has 1 aromatic heterocycles. The van der Waals surface area contributed by atoms with Crippen molar-refractivity contribution in [1.82, 2.24) is 5.43 Å². The van der Waals surface area contributed by atoms with Gasteiger partial charge in [0.15, 0.2) is 0 Å². The van der Waals surface area contributed by atoms with Gasteiger partial charge in [-0.15, -0.1) is 0 Å². The lowest BCUT2D eigenvalue weighted by Gasteiger charge is -2.14. The standard InChI is InChI=1S/C13H15BrN2O2/c1-17-10-4-2-3-9(7-10)8-12(16-15)13-11(14)5-6-18-13/h2-7,12,16H,8,15H2,1H3. The van der Waals surface area contributed by atoms with Crippen molar-refractivity contribution in [2.75, 3.05) is 7.11 Å². The summed E-state index contributed by atoms with van der Waals surface area (Å²) in [6, 6.07) is 9.66. The molecule has 0 aliphatic carbocycles. The summed E-state index contributed by atoms with van der Waals surface area (Å²) in [7, 11) is 1.65. The summed E-state index contributed by atoms with van der Waals surface area (Å²) in [6.45, 7) is 0. The van der Waals surface area contributed by atoms with Gasteiger partial charge in [0.25, 0.3) is 0 Å². The Balaban J connectivity index is 2.18. The second kappa shape index (κ2) is 6.04. The molecule has 0 aliphatic rings. The second-order valence-corrected chi connectivity index (χ2v) is 4.76. The molecule has 0 saturated carbocycles. The molecule has 1 heterocycles. The number of ether oxygens (including phenoxy) is 1. The summed E-state index contributed by atoms with van der Waals surface area (Å²) in [6.07, 6.45) is 2.36. The maximum absolute atomic E-state index is 5.59. The number of methoxy groups -OCH3 is 1. The molecule has 2 rings (SSSR count). The van der Waals surface area contributed by atoms with Crippen molar-refractivity contribution < 1.29 is 9.15 Å². The van der Waals surface area contributed by atoms with Gasteiger partial charge in [0.2, 0.25) is 0 Å². The third-order valence-corrected chi connectivity index (χ3v) is 3.39. The van der Waals surface area contributed by atoms with Crippen molar-refractivity contribution in [3.63, 3.8) is 0 Å². The zero-order valence-electron chi connectivity index (χ0n) is 10.0. The molecule has 18 heavy (non-hydrogen) atoms. The molecule has 0 aliphatic heterocycles. The summed E-state index contributed by atoms with van der Waals surface area (Å²) in [5.74, 6) is 7.22. The Bertz CT molecular complexity index is 513. The minimum absolute atomic E-state index is 0.0820. The largest absolute Gasteiger partial charge is 0.497 e. The van der Waals surface area contributed by atoms with Gasteiger partial charge in [-0.05, 0) is 46.1 Å². The number of rotatable bonds is 5. The third-order valence-electron chi connectivity index (χ3n) is 2.74. The van der Waals surface area contributed by atoms with E-state index in [2.05, 4.69) is 21.4 Å². The van der Waals surface area contributed by atoms with E-state index < -0.39 is 0 Å². The lowest BCUT2D eigenvalue weighted by atomic mass is 10.0. The molecule has 0 amide bonds. The minimum atomic E-state index is -0.0820. The zero-order chi connectivity index (χ0) is 13.0. The number of hydrogen-bond donors (Lipinski definition) is 2. The quantitative estimate of drug-likeness (QED) is 0.658. The van der Waals surface area contributed by atoms with E-state index in [0.717, 1.165) is 28.0 Å². The second-order valence-electron chi connectivity index (χ2n) is 3.91. The molecule has 0 saturated heterocycles. The summed E-state index contributed by atoms with van der Waals surface area (Å²) in [4.78, 5) is 0. The van der Waals surface area contributed by atoms with Crippen LogP contribution in [0.15, 0.2) is 45.5 Å². The van der Waals surface area contributed by atoms with Crippen LogP contribution >= 0.6 is 15.9 Å². The lowest BCUT2D eigenvalue weighted by molar-refractivity contribution is 0.407. The van der Waals surface area contributed by atoms with Gasteiger partial charge >= 0.3 is 0 Å². The molecule has 1 aromatic carbocycles. The summed E-state index contributed by atoms with van der Waals surface area (Å²) < 4.78 is 11.5. The first kappa shape index (κ1) is 13.1. The van der Waals surface area contributed by atoms with Crippen LogP contribution in [-0.4, -0.2) is 7.11 Å². The van der Waals surface area contributed by atoms with Crippen molar-refractivity contribution in [1.29, 1.82) is 0 Å². The van der Waals surface area contributed by atoms with Crippen LogP contribution in [0.3, 0.4) is 0 Å². The van der Waals surface area contributed by atoms with Crippen LogP contribution in [0, 0.1) is 0 Å². The van der Waals surface area contributed by atoms with Crippen LogP contribution in [0.25, 0.3) is 0 Å². The van der Waals surface area contributed by atoms with Gasteiger partial charge in [-0.1, -0.05) is 12.1 Å². The SMILES string of the molecule is COc1cccc(CC(NN)c2occc2Br)c1. The summed E-state index contributed by atoms with van der Waals surface area (Å²) in [5, 5.41) is 0. The fourth-order valence-electron chi connectivity index (χ4n) is 1.82. The van der Waals surface area contributed by atoms with Gasteiger partial charge in [-0.2, -0.15) is 0 Å². The average Bonchev–Trinajstić information content (AvgIpc) is 2.82.